The van der Waals surface area contributed by atoms with E-state index in [0.29, 0.717) is 26.4 Å². The topological polar surface area (TPSA) is 80.7 Å². The molecule has 3 aromatic carbocycles. The lowest BCUT2D eigenvalue weighted by Crippen LogP contribution is -2.10. The Balaban J connectivity index is 1.49. The Morgan fingerprint density at radius 3 is 2.53 bits per heavy atom. The smallest absolute Gasteiger partial charge is 0.339 e. The summed E-state index contributed by atoms with van der Waals surface area (Å²) in [7, 11) is -3.96. The van der Waals surface area contributed by atoms with Crippen molar-refractivity contribution in [3.05, 3.63) is 93.8 Å². The van der Waals surface area contributed by atoms with Gasteiger partial charge < -0.3 is 4.18 Å². The van der Waals surface area contributed by atoms with Gasteiger partial charge in [0, 0.05) is 21.5 Å². The molecule has 0 amide bonds. The first-order valence-corrected chi connectivity index (χ1v) is 12.3. The Hall–Kier alpha value is -2.91. The fourth-order valence-electron chi connectivity index (χ4n) is 2.72. The highest BCUT2D eigenvalue weighted by Gasteiger charge is 2.17. The number of para-hydroxylation sites is 1. The number of rotatable bonds is 7. The van der Waals surface area contributed by atoms with E-state index in [-0.39, 0.29) is 10.6 Å². The number of nitrogens with one attached hydrogen (secondary N) is 1. The first kappa shape index (κ1) is 22.3. The van der Waals surface area contributed by atoms with Gasteiger partial charge in [-0.25, -0.2) is 4.98 Å². The number of anilines is 1. The minimum atomic E-state index is -3.96. The minimum absolute atomic E-state index is 0.0704. The number of benzene rings is 3. The van der Waals surface area contributed by atoms with Crippen molar-refractivity contribution < 1.29 is 12.6 Å². The molecule has 32 heavy (non-hydrogen) atoms. The normalized spacial score (nSPS) is 11.6. The van der Waals surface area contributed by atoms with E-state index < -0.39 is 10.1 Å². The highest BCUT2D eigenvalue weighted by Crippen LogP contribution is 2.32. The number of nitrogens with zero attached hydrogens (tertiary/aromatic N) is 2. The second-order valence-corrected chi connectivity index (χ2v) is 9.67. The average molecular weight is 504 g/mol. The molecular formula is C22H15Cl2N3O3S2. The van der Waals surface area contributed by atoms with Gasteiger partial charge in [-0.15, -0.1) is 11.3 Å². The number of halogens is 2. The summed E-state index contributed by atoms with van der Waals surface area (Å²) in [6.07, 6.45) is 1.46. The van der Waals surface area contributed by atoms with Gasteiger partial charge in [-0.05, 0) is 42.5 Å². The van der Waals surface area contributed by atoms with Crippen molar-refractivity contribution in [3.8, 4) is 17.0 Å². The van der Waals surface area contributed by atoms with E-state index in [9.17, 15) is 8.42 Å². The molecule has 1 N–H and O–H groups in total. The fourth-order valence-corrected chi connectivity index (χ4v) is 4.86. The van der Waals surface area contributed by atoms with Crippen LogP contribution in [0.25, 0.3) is 11.3 Å². The van der Waals surface area contributed by atoms with Crippen molar-refractivity contribution in [2.75, 3.05) is 5.43 Å². The lowest BCUT2D eigenvalue weighted by atomic mass is 10.2. The lowest BCUT2D eigenvalue weighted by Gasteiger charge is -2.09. The van der Waals surface area contributed by atoms with E-state index in [1.165, 1.54) is 29.7 Å². The van der Waals surface area contributed by atoms with E-state index in [1.54, 1.807) is 60.7 Å². The van der Waals surface area contributed by atoms with Gasteiger partial charge in [-0.1, -0.05) is 53.5 Å². The molecule has 0 aliphatic rings. The molecule has 0 spiro atoms. The molecule has 6 nitrogen and oxygen atoms in total. The van der Waals surface area contributed by atoms with Gasteiger partial charge in [0.15, 0.2) is 5.75 Å². The fraction of sp³-hybridized carbons (Fsp3) is 0. The zero-order chi connectivity index (χ0) is 22.6. The second kappa shape index (κ2) is 9.70. The summed E-state index contributed by atoms with van der Waals surface area (Å²) < 4.78 is 30.4. The summed E-state index contributed by atoms with van der Waals surface area (Å²) in [6.45, 7) is 0. The molecule has 0 radical (unpaired) electrons. The van der Waals surface area contributed by atoms with Crippen LogP contribution in [0.4, 0.5) is 5.13 Å². The van der Waals surface area contributed by atoms with Gasteiger partial charge in [0.05, 0.1) is 16.9 Å². The summed E-state index contributed by atoms with van der Waals surface area (Å²) in [5.74, 6) is 0.162. The second-order valence-electron chi connectivity index (χ2n) is 6.42. The van der Waals surface area contributed by atoms with E-state index in [1.807, 2.05) is 5.38 Å². The van der Waals surface area contributed by atoms with Crippen LogP contribution in [0, 0.1) is 0 Å². The zero-order valence-corrected chi connectivity index (χ0v) is 19.4. The molecule has 10 heteroatoms. The molecule has 0 bridgehead atoms. The summed E-state index contributed by atoms with van der Waals surface area (Å²) in [5.41, 5.74) is 4.77. The van der Waals surface area contributed by atoms with Gasteiger partial charge >= 0.3 is 10.1 Å². The number of thiazole rings is 1. The van der Waals surface area contributed by atoms with Crippen LogP contribution in [0.3, 0.4) is 0 Å². The van der Waals surface area contributed by atoms with Gasteiger partial charge in [0.2, 0.25) is 5.13 Å². The lowest BCUT2D eigenvalue weighted by molar-refractivity contribution is 0.485. The van der Waals surface area contributed by atoms with Crippen LogP contribution in [0.1, 0.15) is 5.56 Å². The maximum atomic E-state index is 12.5. The summed E-state index contributed by atoms with van der Waals surface area (Å²) >= 11 is 13.5. The third-order valence-corrected chi connectivity index (χ3v) is 6.77. The maximum absolute atomic E-state index is 12.5. The summed E-state index contributed by atoms with van der Waals surface area (Å²) in [6, 6.07) is 19.8. The van der Waals surface area contributed by atoms with Crippen molar-refractivity contribution in [1.82, 2.24) is 4.98 Å². The molecule has 0 fully saturated rings. The quantitative estimate of drug-likeness (QED) is 0.181. The van der Waals surface area contributed by atoms with Gasteiger partial charge in [-0.2, -0.15) is 13.5 Å². The van der Waals surface area contributed by atoms with Gasteiger partial charge in [0.1, 0.15) is 4.90 Å². The number of aromatic nitrogens is 1. The maximum Gasteiger partial charge on any atom is 0.339 e. The largest absolute Gasteiger partial charge is 0.378 e. The Bertz CT molecular complexity index is 1370. The van der Waals surface area contributed by atoms with Crippen LogP contribution in [0.2, 0.25) is 10.0 Å². The van der Waals surface area contributed by atoms with Crippen molar-refractivity contribution in [3.63, 3.8) is 0 Å². The van der Waals surface area contributed by atoms with Crippen molar-refractivity contribution in [2.45, 2.75) is 4.90 Å². The molecule has 0 aliphatic heterocycles. The number of hydrogen-bond donors (Lipinski definition) is 1. The average Bonchev–Trinajstić information content (AvgIpc) is 3.24. The molecule has 0 aliphatic carbocycles. The van der Waals surface area contributed by atoms with E-state index in [2.05, 4.69) is 15.5 Å². The van der Waals surface area contributed by atoms with Crippen LogP contribution in [0.15, 0.2) is 88.2 Å². The molecule has 162 valence electrons. The Kier molecular flexibility index (Phi) is 6.76. The highest BCUT2D eigenvalue weighted by atomic mass is 35.5. The van der Waals surface area contributed by atoms with Crippen LogP contribution in [0.5, 0.6) is 5.75 Å². The number of hydrazone groups is 1. The van der Waals surface area contributed by atoms with Crippen LogP contribution in [-0.4, -0.2) is 19.6 Å². The molecule has 0 saturated carbocycles. The predicted octanol–water partition coefficient (Wildman–Crippen LogP) is 6.33. The SMILES string of the molecule is O=S(=O)(Oc1ccccc1/C=N/Nc1nc(-c2ccc(Cl)cc2Cl)cs1)c1ccccc1. The Morgan fingerprint density at radius 1 is 1.00 bits per heavy atom. The third-order valence-electron chi connectivity index (χ3n) is 4.23. The standard InChI is InChI=1S/C22H15Cl2N3O3S2/c23-16-10-11-18(19(24)12-16)20-14-31-22(26-20)27-25-13-15-6-4-5-9-21(15)30-32(28,29)17-7-2-1-3-8-17/h1-14H,(H,26,27)/b25-13+. The Labute approximate surface area is 199 Å². The Morgan fingerprint density at radius 2 is 1.75 bits per heavy atom. The van der Waals surface area contributed by atoms with Crippen LogP contribution >= 0.6 is 34.5 Å². The van der Waals surface area contributed by atoms with Crippen molar-refractivity contribution in [1.29, 1.82) is 0 Å². The predicted molar refractivity (Wildman–Crippen MR) is 129 cm³/mol. The van der Waals surface area contributed by atoms with Crippen molar-refractivity contribution >= 4 is 56.0 Å². The van der Waals surface area contributed by atoms with Crippen molar-refractivity contribution in [2.24, 2.45) is 5.10 Å². The molecule has 4 aromatic rings. The number of hydrogen-bond acceptors (Lipinski definition) is 7. The van der Waals surface area contributed by atoms with E-state index in [0.717, 1.165) is 5.56 Å². The minimum Gasteiger partial charge on any atom is -0.378 e. The molecular weight excluding hydrogens is 489 g/mol. The monoisotopic (exact) mass is 503 g/mol. The molecule has 1 aromatic heterocycles. The van der Waals surface area contributed by atoms with Gasteiger partial charge in [0.25, 0.3) is 0 Å². The van der Waals surface area contributed by atoms with Gasteiger partial charge in [-0.3, -0.25) is 5.43 Å². The first-order valence-electron chi connectivity index (χ1n) is 9.21. The summed E-state index contributed by atoms with van der Waals surface area (Å²) in [5, 5.41) is 7.60. The van der Waals surface area contributed by atoms with Crippen LogP contribution < -0.4 is 9.61 Å². The molecule has 0 atom stereocenters. The summed E-state index contributed by atoms with van der Waals surface area (Å²) in [4.78, 5) is 4.53. The zero-order valence-electron chi connectivity index (χ0n) is 16.3. The molecule has 0 saturated heterocycles. The first-order chi connectivity index (χ1) is 15.4. The van der Waals surface area contributed by atoms with E-state index in [4.69, 9.17) is 27.4 Å². The highest BCUT2D eigenvalue weighted by molar-refractivity contribution is 7.87. The van der Waals surface area contributed by atoms with Crippen LogP contribution in [-0.2, 0) is 10.1 Å². The molecule has 0 unspecified atom stereocenters. The molecule has 4 rings (SSSR count). The molecule has 1 heterocycles. The van der Waals surface area contributed by atoms with E-state index >= 15 is 0 Å². The third kappa shape index (κ3) is 5.28.